The lowest BCUT2D eigenvalue weighted by atomic mass is 9.70. The maximum atomic E-state index is 13.2. The van der Waals surface area contributed by atoms with Gasteiger partial charge in [0, 0.05) is 11.6 Å². The fourth-order valence-corrected chi connectivity index (χ4v) is 5.14. The van der Waals surface area contributed by atoms with Crippen LogP contribution in [-0.2, 0) is 11.2 Å². The summed E-state index contributed by atoms with van der Waals surface area (Å²) in [5, 5.41) is 35.7. The lowest BCUT2D eigenvalue weighted by molar-refractivity contribution is -0.150. The van der Waals surface area contributed by atoms with E-state index in [-0.39, 0.29) is 12.1 Å². The molecule has 196 valence electrons. The Morgan fingerprint density at radius 1 is 1.08 bits per heavy atom. The van der Waals surface area contributed by atoms with Crippen LogP contribution in [0.5, 0.6) is 0 Å². The molecule has 2 amide bonds. The first-order valence-electron chi connectivity index (χ1n) is 12.7. The normalized spacial score (nSPS) is 22.1. The number of hydroxylamine groups is 1. The minimum Gasteiger partial charge on any atom is -0.391 e. The Hall–Kier alpha value is -3.40. The fraction of sp³-hybridized carbons (Fsp3) is 0.429. The molecule has 2 aromatic heterocycles. The SMILES string of the molecule is CC1CCC(O)(C(CC(O)C(Cc2ccccc2)NC(=O)c2ccc3cccnc3n2)C(=O)NO)CC1. The van der Waals surface area contributed by atoms with Crippen molar-refractivity contribution in [2.75, 3.05) is 0 Å². The number of carbonyl (C=O) groups is 2. The van der Waals surface area contributed by atoms with Gasteiger partial charge in [-0.25, -0.2) is 15.4 Å². The summed E-state index contributed by atoms with van der Waals surface area (Å²) in [4.78, 5) is 34.4. The minimum absolute atomic E-state index is 0.137. The number of aliphatic hydroxyl groups excluding tert-OH is 1. The molecule has 0 saturated heterocycles. The molecule has 1 aromatic carbocycles. The maximum absolute atomic E-state index is 13.2. The number of amides is 2. The summed E-state index contributed by atoms with van der Waals surface area (Å²) in [7, 11) is 0. The third-order valence-electron chi connectivity index (χ3n) is 7.47. The van der Waals surface area contributed by atoms with Gasteiger partial charge in [0.15, 0.2) is 5.65 Å². The predicted octanol–water partition coefficient (Wildman–Crippen LogP) is 2.78. The summed E-state index contributed by atoms with van der Waals surface area (Å²) in [6, 6.07) is 15.6. The highest BCUT2D eigenvalue weighted by molar-refractivity contribution is 5.94. The summed E-state index contributed by atoms with van der Waals surface area (Å²) < 4.78 is 0. The van der Waals surface area contributed by atoms with Crippen LogP contribution in [0.1, 0.15) is 55.1 Å². The predicted molar refractivity (Wildman–Crippen MR) is 138 cm³/mol. The van der Waals surface area contributed by atoms with Gasteiger partial charge in [-0.05, 0) is 74.3 Å². The number of fused-ring (bicyclic) bond motifs is 1. The Morgan fingerprint density at radius 2 is 1.81 bits per heavy atom. The number of aliphatic hydroxyl groups is 2. The third-order valence-corrected chi connectivity index (χ3v) is 7.47. The average Bonchev–Trinajstić information content (AvgIpc) is 2.92. The molecule has 1 saturated carbocycles. The van der Waals surface area contributed by atoms with Gasteiger partial charge >= 0.3 is 0 Å². The first-order chi connectivity index (χ1) is 17.8. The first-order valence-corrected chi connectivity index (χ1v) is 12.7. The van der Waals surface area contributed by atoms with E-state index in [0.717, 1.165) is 23.8 Å². The van der Waals surface area contributed by atoms with E-state index in [1.54, 1.807) is 29.9 Å². The molecular formula is C28H34N4O5. The summed E-state index contributed by atoms with van der Waals surface area (Å²) >= 11 is 0. The van der Waals surface area contributed by atoms with Crippen molar-refractivity contribution in [1.82, 2.24) is 20.8 Å². The summed E-state index contributed by atoms with van der Waals surface area (Å²) in [6.45, 7) is 2.09. The lowest BCUT2D eigenvalue weighted by Gasteiger charge is -2.41. The van der Waals surface area contributed by atoms with E-state index < -0.39 is 35.5 Å². The standard InChI is InChI=1S/C28H34N4O5/c1-18-11-13-28(36,14-12-18)21(26(34)32-37)17-24(33)23(16-19-6-3-2-4-7-19)31-27(35)22-10-9-20-8-5-15-29-25(20)30-22/h2-10,15,18,21,23-24,33,36-37H,11-14,16-17H2,1H3,(H,31,35)(H,32,34). The summed E-state index contributed by atoms with van der Waals surface area (Å²) in [5.41, 5.74) is 1.78. The second-order valence-electron chi connectivity index (χ2n) is 10.1. The monoisotopic (exact) mass is 506 g/mol. The van der Waals surface area contributed by atoms with Crippen LogP contribution in [-0.4, -0.2) is 54.9 Å². The zero-order valence-corrected chi connectivity index (χ0v) is 20.9. The second-order valence-corrected chi connectivity index (χ2v) is 10.1. The van der Waals surface area contributed by atoms with Gasteiger partial charge in [0.05, 0.1) is 23.7 Å². The highest BCUT2D eigenvalue weighted by Crippen LogP contribution is 2.39. The van der Waals surface area contributed by atoms with E-state index >= 15 is 0 Å². The Morgan fingerprint density at radius 3 is 2.51 bits per heavy atom. The second kappa shape index (κ2) is 11.8. The van der Waals surface area contributed by atoms with Gasteiger partial charge < -0.3 is 15.5 Å². The summed E-state index contributed by atoms with van der Waals surface area (Å²) in [5.74, 6) is -1.85. The Balaban J connectivity index is 1.57. The van der Waals surface area contributed by atoms with Gasteiger partial charge in [-0.15, -0.1) is 0 Å². The Kier molecular flexibility index (Phi) is 8.48. The molecule has 1 fully saturated rings. The van der Waals surface area contributed by atoms with Crippen LogP contribution >= 0.6 is 0 Å². The zero-order chi connectivity index (χ0) is 26.4. The van der Waals surface area contributed by atoms with Crippen molar-refractivity contribution in [2.45, 2.75) is 63.2 Å². The third kappa shape index (κ3) is 6.49. The van der Waals surface area contributed by atoms with Crippen LogP contribution in [0, 0.1) is 11.8 Å². The topological polar surface area (TPSA) is 145 Å². The van der Waals surface area contributed by atoms with Gasteiger partial charge in [-0.1, -0.05) is 37.3 Å². The van der Waals surface area contributed by atoms with Crippen molar-refractivity contribution in [3.63, 3.8) is 0 Å². The number of aromatic nitrogens is 2. The smallest absolute Gasteiger partial charge is 0.270 e. The highest BCUT2D eigenvalue weighted by atomic mass is 16.5. The zero-order valence-electron chi connectivity index (χ0n) is 20.9. The van der Waals surface area contributed by atoms with Crippen molar-refractivity contribution in [2.24, 2.45) is 11.8 Å². The highest BCUT2D eigenvalue weighted by Gasteiger charge is 2.45. The number of rotatable bonds is 9. The van der Waals surface area contributed by atoms with Gasteiger partial charge in [0.1, 0.15) is 5.69 Å². The molecule has 9 heteroatoms. The van der Waals surface area contributed by atoms with Gasteiger partial charge in [0.25, 0.3) is 5.91 Å². The minimum atomic E-state index is -1.35. The van der Waals surface area contributed by atoms with E-state index in [2.05, 4.69) is 22.2 Å². The Labute approximate surface area is 215 Å². The quantitative estimate of drug-likeness (QED) is 0.222. The number of carbonyl (C=O) groups excluding carboxylic acids is 2. The van der Waals surface area contributed by atoms with E-state index in [0.29, 0.717) is 30.8 Å². The van der Waals surface area contributed by atoms with Crippen LogP contribution in [0.4, 0.5) is 0 Å². The molecule has 4 rings (SSSR count). The van der Waals surface area contributed by atoms with Gasteiger partial charge in [-0.2, -0.15) is 0 Å². The van der Waals surface area contributed by atoms with Crippen molar-refractivity contribution in [1.29, 1.82) is 0 Å². The molecule has 1 aliphatic carbocycles. The molecule has 3 atom stereocenters. The molecule has 0 radical (unpaired) electrons. The largest absolute Gasteiger partial charge is 0.391 e. The fourth-order valence-electron chi connectivity index (χ4n) is 5.14. The molecule has 9 nitrogen and oxygen atoms in total. The van der Waals surface area contributed by atoms with Gasteiger partial charge in [0.2, 0.25) is 5.91 Å². The molecule has 3 aromatic rings. The number of hydrogen-bond acceptors (Lipinski definition) is 7. The number of benzene rings is 1. The first kappa shape index (κ1) is 26.7. The molecule has 1 aliphatic rings. The molecule has 0 spiro atoms. The molecule has 3 unspecified atom stereocenters. The van der Waals surface area contributed by atoms with Crippen molar-refractivity contribution in [3.8, 4) is 0 Å². The number of hydrogen-bond donors (Lipinski definition) is 5. The number of pyridine rings is 2. The lowest BCUT2D eigenvalue weighted by Crippen LogP contribution is -2.52. The van der Waals surface area contributed by atoms with E-state index in [1.807, 2.05) is 36.4 Å². The van der Waals surface area contributed by atoms with Crippen LogP contribution in [0.15, 0.2) is 60.8 Å². The van der Waals surface area contributed by atoms with Crippen molar-refractivity contribution < 1.29 is 25.0 Å². The molecule has 0 bridgehead atoms. The number of nitrogens with one attached hydrogen (secondary N) is 2. The molecule has 0 aliphatic heterocycles. The average molecular weight is 507 g/mol. The van der Waals surface area contributed by atoms with Crippen LogP contribution in [0.3, 0.4) is 0 Å². The molecule has 5 N–H and O–H groups in total. The van der Waals surface area contributed by atoms with Crippen LogP contribution in [0.2, 0.25) is 0 Å². The van der Waals surface area contributed by atoms with Crippen LogP contribution in [0.25, 0.3) is 11.0 Å². The van der Waals surface area contributed by atoms with Gasteiger partial charge in [-0.3, -0.25) is 14.8 Å². The van der Waals surface area contributed by atoms with E-state index in [1.165, 1.54) is 0 Å². The van der Waals surface area contributed by atoms with E-state index in [9.17, 15) is 25.0 Å². The van der Waals surface area contributed by atoms with Crippen molar-refractivity contribution in [3.05, 3.63) is 72.1 Å². The van der Waals surface area contributed by atoms with Crippen molar-refractivity contribution >= 4 is 22.8 Å². The number of nitrogens with zero attached hydrogens (tertiary/aromatic N) is 2. The molecule has 37 heavy (non-hydrogen) atoms. The van der Waals surface area contributed by atoms with Crippen LogP contribution < -0.4 is 10.8 Å². The summed E-state index contributed by atoms with van der Waals surface area (Å²) in [6.07, 6.45) is 2.84. The molecular weight excluding hydrogens is 472 g/mol. The maximum Gasteiger partial charge on any atom is 0.270 e. The Bertz CT molecular complexity index is 1210. The molecule has 2 heterocycles. The van der Waals surface area contributed by atoms with E-state index in [4.69, 9.17) is 0 Å².